The van der Waals surface area contributed by atoms with Crippen LogP contribution < -0.4 is 10.1 Å². The molecule has 0 aliphatic heterocycles. The highest BCUT2D eigenvalue weighted by Crippen LogP contribution is 2.22. The van der Waals surface area contributed by atoms with Crippen LogP contribution in [0.3, 0.4) is 0 Å². The molecule has 0 heterocycles. The Balaban J connectivity index is 2.19. The summed E-state index contributed by atoms with van der Waals surface area (Å²) in [5.41, 5.74) is 3.16. The fourth-order valence-corrected chi connectivity index (χ4v) is 3.28. The highest BCUT2D eigenvalue weighted by atomic mass is 79.9. The van der Waals surface area contributed by atoms with Gasteiger partial charge in [0.25, 0.3) is 5.91 Å². The second-order valence-corrected chi connectivity index (χ2v) is 7.88. The van der Waals surface area contributed by atoms with Gasteiger partial charge in [-0.25, -0.2) is 0 Å². The zero-order valence-corrected chi connectivity index (χ0v) is 19.1. The first-order chi connectivity index (χ1) is 13.8. The molecule has 0 radical (unpaired) electrons. The van der Waals surface area contributed by atoms with Gasteiger partial charge in [0.15, 0.2) is 6.61 Å². The first-order valence-corrected chi connectivity index (χ1v) is 10.7. The van der Waals surface area contributed by atoms with Gasteiger partial charge in [-0.1, -0.05) is 52.7 Å². The average molecular weight is 461 g/mol. The van der Waals surface area contributed by atoms with Crippen molar-refractivity contribution in [3.8, 4) is 5.75 Å². The number of halogens is 1. The van der Waals surface area contributed by atoms with Crippen LogP contribution in [0.25, 0.3) is 0 Å². The van der Waals surface area contributed by atoms with Crippen LogP contribution in [0.5, 0.6) is 5.75 Å². The number of ether oxygens (including phenoxy) is 1. The zero-order valence-electron chi connectivity index (χ0n) is 17.5. The van der Waals surface area contributed by atoms with Crippen LogP contribution in [-0.4, -0.2) is 35.9 Å². The number of benzene rings is 2. The highest BCUT2D eigenvalue weighted by Gasteiger charge is 2.28. The molecule has 2 aromatic rings. The third kappa shape index (κ3) is 6.60. The lowest BCUT2D eigenvalue weighted by Gasteiger charge is -2.30. The van der Waals surface area contributed by atoms with Gasteiger partial charge in [-0.05, 0) is 56.5 Å². The maximum Gasteiger partial charge on any atom is 0.261 e. The van der Waals surface area contributed by atoms with Crippen LogP contribution in [0.2, 0.25) is 0 Å². The van der Waals surface area contributed by atoms with Gasteiger partial charge in [-0.3, -0.25) is 9.59 Å². The van der Waals surface area contributed by atoms with Crippen molar-refractivity contribution in [1.82, 2.24) is 10.2 Å². The Hall–Kier alpha value is -2.34. The zero-order chi connectivity index (χ0) is 21.4. The minimum atomic E-state index is -0.543. The van der Waals surface area contributed by atoms with Crippen LogP contribution in [0.15, 0.2) is 46.9 Å². The van der Waals surface area contributed by atoms with E-state index in [2.05, 4.69) is 21.2 Å². The SMILES string of the molecule is CCNC(=O)C(CC)N(Cc1ccc(C)cc1)C(=O)COc1ccc(Br)c(C)c1. The number of carbonyl (C=O) groups is 2. The van der Waals surface area contributed by atoms with E-state index in [-0.39, 0.29) is 18.4 Å². The van der Waals surface area contributed by atoms with Crippen molar-refractivity contribution in [3.63, 3.8) is 0 Å². The Morgan fingerprint density at radius 2 is 1.79 bits per heavy atom. The van der Waals surface area contributed by atoms with Crippen molar-refractivity contribution in [1.29, 1.82) is 0 Å². The van der Waals surface area contributed by atoms with Gasteiger partial charge in [-0.2, -0.15) is 0 Å². The number of nitrogens with zero attached hydrogens (tertiary/aromatic N) is 1. The summed E-state index contributed by atoms with van der Waals surface area (Å²) in [7, 11) is 0. The summed E-state index contributed by atoms with van der Waals surface area (Å²) in [4.78, 5) is 27.2. The van der Waals surface area contributed by atoms with E-state index in [4.69, 9.17) is 4.74 Å². The number of hydrogen-bond acceptors (Lipinski definition) is 3. The van der Waals surface area contributed by atoms with Crippen molar-refractivity contribution >= 4 is 27.7 Å². The Bertz CT molecular complexity index is 837. The summed E-state index contributed by atoms with van der Waals surface area (Å²) in [5, 5.41) is 2.84. The number of hydrogen-bond donors (Lipinski definition) is 1. The molecule has 2 rings (SSSR count). The molecule has 0 aliphatic rings. The van der Waals surface area contributed by atoms with Gasteiger partial charge in [0.1, 0.15) is 11.8 Å². The molecule has 0 aliphatic carbocycles. The Kier molecular flexibility index (Phi) is 8.70. The molecule has 0 spiro atoms. The van der Waals surface area contributed by atoms with E-state index < -0.39 is 6.04 Å². The third-order valence-electron chi connectivity index (χ3n) is 4.70. The first-order valence-electron chi connectivity index (χ1n) is 9.87. The van der Waals surface area contributed by atoms with E-state index in [0.29, 0.717) is 25.3 Å². The third-order valence-corrected chi connectivity index (χ3v) is 5.59. The molecule has 29 heavy (non-hydrogen) atoms. The average Bonchev–Trinajstić information content (AvgIpc) is 2.70. The first kappa shape index (κ1) is 22.9. The van der Waals surface area contributed by atoms with E-state index in [0.717, 1.165) is 21.2 Å². The minimum Gasteiger partial charge on any atom is -0.484 e. The largest absolute Gasteiger partial charge is 0.484 e. The summed E-state index contributed by atoms with van der Waals surface area (Å²) in [6.45, 7) is 8.52. The molecule has 0 aromatic heterocycles. The summed E-state index contributed by atoms with van der Waals surface area (Å²) < 4.78 is 6.72. The molecule has 1 atom stereocenters. The normalized spacial score (nSPS) is 11.6. The molecule has 0 saturated heterocycles. The molecule has 156 valence electrons. The second kappa shape index (κ2) is 11.0. The standard InChI is InChI=1S/C23H29BrN2O3/c1-5-21(23(28)25-6-2)26(14-18-9-7-16(3)8-10-18)22(27)15-29-19-11-12-20(24)17(4)13-19/h7-13,21H,5-6,14-15H2,1-4H3,(H,25,28). The topological polar surface area (TPSA) is 58.6 Å². The highest BCUT2D eigenvalue weighted by molar-refractivity contribution is 9.10. The van der Waals surface area contributed by atoms with E-state index in [1.807, 2.05) is 70.2 Å². The van der Waals surface area contributed by atoms with Crippen molar-refractivity contribution in [2.24, 2.45) is 0 Å². The van der Waals surface area contributed by atoms with E-state index in [1.54, 1.807) is 4.90 Å². The molecule has 1 unspecified atom stereocenters. The molecule has 0 fully saturated rings. The van der Waals surface area contributed by atoms with Crippen molar-refractivity contribution in [2.75, 3.05) is 13.2 Å². The van der Waals surface area contributed by atoms with Crippen molar-refractivity contribution in [3.05, 3.63) is 63.6 Å². The maximum absolute atomic E-state index is 13.1. The van der Waals surface area contributed by atoms with E-state index in [1.165, 1.54) is 0 Å². The van der Waals surface area contributed by atoms with Crippen LogP contribution in [0, 0.1) is 13.8 Å². The summed E-state index contributed by atoms with van der Waals surface area (Å²) in [6.07, 6.45) is 0.529. The number of amides is 2. The number of nitrogens with one attached hydrogen (secondary N) is 1. The lowest BCUT2D eigenvalue weighted by molar-refractivity contribution is -0.142. The quantitative estimate of drug-likeness (QED) is 0.603. The van der Waals surface area contributed by atoms with Crippen molar-refractivity contribution in [2.45, 2.75) is 46.7 Å². The van der Waals surface area contributed by atoms with E-state index in [9.17, 15) is 9.59 Å². The van der Waals surface area contributed by atoms with Gasteiger partial charge >= 0.3 is 0 Å². The summed E-state index contributed by atoms with van der Waals surface area (Å²) in [6, 6.07) is 13.0. The molecule has 2 amide bonds. The maximum atomic E-state index is 13.1. The van der Waals surface area contributed by atoms with Crippen LogP contribution in [-0.2, 0) is 16.1 Å². The predicted molar refractivity (Wildman–Crippen MR) is 119 cm³/mol. The summed E-state index contributed by atoms with van der Waals surface area (Å²) >= 11 is 3.46. The Morgan fingerprint density at radius 3 is 2.38 bits per heavy atom. The fraction of sp³-hybridized carbons (Fsp3) is 0.391. The van der Waals surface area contributed by atoms with Gasteiger partial charge < -0.3 is 15.0 Å². The van der Waals surface area contributed by atoms with Crippen LogP contribution >= 0.6 is 15.9 Å². The number of carbonyl (C=O) groups excluding carboxylic acids is 2. The number of aryl methyl sites for hydroxylation is 2. The molecular formula is C23H29BrN2O3. The lowest BCUT2D eigenvalue weighted by atomic mass is 10.1. The smallest absolute Gasteiger partial charge is 0.261 e. The molecule has 6 heteroatoms. The van der Waals surface area contributed by atoms with Crippen LogP contribution in [0.1, 0.15) is 37.0 Å². The van der Waals surface area contributed by atoms with Crippen molar-refractivity contribution < 1.29 is 14.3 Å². The van der Waals surface area contributed by atoms with Gasteiger partial charge in [-0.15, -0.1) is 0 Å². The molecular weight excluding hydrogens is 432 g/mol. The van der Waals surface area contributed by atoms with Crippen LogP contribution in [0.4, 0.5) is 0 Å². The second-order valence-electron chi connectivity index (χ2n) is 7.03. The Labute approximate surface area is 181 Å². The van der Waals surface area contributed by atoms with E-state index >= 15 is 0 Å². The minimum absolute atomic E-state index is 0.122. The van der Waals surface area contributed by atoms with Gasteiger partial charge in [0, 0.05) is 17.6 Å². The number of rotatable bonds is 9. The monoisotopic (exact) mass is 460 g/mol. The lowest BCUT2D eigenvalue weighted by Crippen LogP contribution is -2.50. The Morgan fingerprint density at radius 1 is 1.10 bits per heavy atom. The molecule has 0 saturated carbocycles. The molecule has 0 bridgehead atoms. The predicted octanol–water partition coefficient (Wildman–Crippen LogP) is 4.39. The molecule has 2 aromatic carbocycles. The molecule has 5 nitrogen and oxygen atoms in total. The van der Waals surface area contributed by atoms with Gasteiger partial charge in [0.2, 0.25) is 5.91 Å². The summed E-state index contributed by atoms with van der Waals surface area (Å²) in [5.74, 6) is 0.264. The number of likely N-dealkylation sites (N-methyl/N-ethyl adjacent to an activating group) is 1. The molecule has 1 N–H and O–H groups in total. The van der Waals surface area contributed by atoms with Gasteiger partial charge in [0.05, 0.1) is 0 Å². The fourth-order valence-electron chi connectivity index (χ4n) is 3.04.